The van der Waals surface area contributed by atoms with Gasteiger partial charge in [0.15, 0.2) is 9.84 Å². The van der Waals surface area contributed by atoms with Crippen LogP contribution in [0.4, 0.5) is 4.39 Å². The minimum atomic E-state index is -3.28. The second kappa shape index (κ2) is 6.22. The number of amides is 1. The fourth-order valence-electron chi connectivity index (χ4n) is 1.71. The van der Waals surface area contributed by atoms with Crippen molar-refractivity contribution in [1.82, 2.24) is 4.90 Å². The summed E-state index contributed by atoms with van der Waals surface area (Å²) in [4.78, 5) is 13.5. The molecule has 1 rings (SSSR count). The molecule has 20 heavy (non-hydrogen) atoms. The molecule has 7 heteroatoms. The van der Waals surface area contributed by atoms with E-state index in [0.29, 0.717) is 4.47 Å². The molecule has 2 atom stereocenters. The molecule has 1 aromatic rings. The Morgan fingerprint density at radius 1 is 1.35 bits per heavy atom. The van der Waals surface area contributed by atoms with E-state index in [9.17, 15) is 17.6 Å². The molecule has 0 spiro atoms. The Morgan fingerprint density at radius 3 is 2.40 bits per heavy atom. The summed E-state index contributed by atoms with van der Waals surface area (Å²) >= 11 is 3.18. The lowest BCUT2D eigenvalue weighted by molar-refractivity contribution is 0.0738. The lowest BCUT2D eigenvalue weighted by atomic mass is 10.1. The van der Waals surface area contributed by atoms with Gasteiger partial charge in [-0.05, 0) is 32.0 Å². The lowest BCUT2D eigenvalue weighted by Crippen LogP contribution is -2.44. The normalized spacial score (nSPS) is 14.7. The predicted octanol–water partition coefficient (Wildman–Crippen LogP) is 2.48. The van der Waals surface area contributed by atoms with Gasteiger partial charge in [0.2, 0.25) is 0 Å². The fraction of sp³-hybridized carbons (Fsp3) is 0.462. The van der Waals surface area contributed by atoms with E-state index in [1.807, 2.05) is 0 Å². The maximum atomic E-state index is 13.7. The van der Waals surface area contributed by atoms with Crippen molar-refractivity contribution in [3.63, 3.8) is 0 Å². The summed E-state index contributed by atoms with van der Waals surface area (Å²) in [6.07, 6.45) is 1.12. The molecule has 0 N–H and O–H groups in total. The van der Waals surface area contributed by atoms with Crippen LogP contribution in [0.5, 0.6) is 0 Å². The summed E-state index contributed by atoms with van der Waals surface area (Å²) in [5, 5.41) is -0.730. The number of nitrogens with zero attached hydrogens (tertiary/aromatic N) is 1. The number of hydrogen-bond acceptors (Lipinski definition) is 3. The Kier molecular flexibility index (Phi) is 5.32. The van der Waals surface area contributed by atoms with E-state index in [-0.39, 0.29) is 5.56 Å². The molecule has 0 aromatic heterocycles. The van der Waals surface area contributed by atoms with Crippen molar-refractivity contribution in [3.8, 4) is 0 Å². The first-order chi connectivity index (χ1) is 9.05. The third kappa shape index (κ3) is 3.79. The minimum Gasteiger partial charge on any atom is -0.338 e. The Hall–Kier alpha value is -0.950. The predicted molar refractivity (Wildman–Crippen MR) is 80.0 cm³/mol. The first kappa shape index (κ1) is 17.1. The van der Waals surface area contributed by atoms with E-state index >= 15 is 0 Å². The van der Waals surface area contributed by atoms with Crippen molar-refractivity contribution in [2.75, 3.05) is 13.3 Å². The van der Waals surface area contributed by atoms with Gasteiger partial charge in [0.1, 0.15) is 5.82 Å². The molecule has 0 heterocycles. The van der Waals surface area contributed by atoms with Crippen molar-refractivity contribution >= 4 is 31.7 Å². The summed E-state index contributed by atoms with van der Waals surface area (Å²) in [5.41, 5.74) is -0.0885. The SMILES string of the molecule is CC(C(C)S(C)(=O)=O)N(C)C(=O)c1cc(Br)ccc1F. The van der Waals surface area contributed by atoms with Gasteiger partial charge < -0.3 is 4.90 Å². The number of hydrogen-bond donors (Lipinski definition) is 0. The molecule has 0 aliphatic carbocycles. The summed E-state index contributed by atoms with van der Waals surface area (Å²) in [6.45, 7) is 3.15. The molecular weight excluding hydrogens is 349 g/mol. The van der Waals surface area contributed by atoms with Gasteiger partial charge in [0.25, 0.3) is 5.91 Å². The van der Waals surface area contributed by atoms with Gasteiger partial charge in [-0.3, -0.25) is 4.79 Å². The molecule has 1 aromatic carbocycles. The van der Waals surface area contributed by atoms with E-state index in [1.165, 1.54) is 37.1 Å². The van der Waals surface area contributed by atoms with E-state index in [4.69, 9.17) is 0 Å². The third-order valence-corrected chi connectivity index (χ3v) is 5.68. The van der Waals surface area contributed by atoms with Gasteiger partial charge in [-0.15, -0.1) is 0 Å². The maximum absolute atomic E-state index is 13.7. The van der Waals surface area contributed by atoms with Gasteiger partial charge >= 0.3 is 0 Å². The smallest absolute Gasteiger partial charge is 0.256 e. The molecule has 0 saturated carbocycles. The summed E-state index contributed by atoms with van der Waals surface area (Å²) in [6, 6.07) is 3.51. The second-order valence-electron chi connectivity index (χ2n) is 4.82. The Labute approximate surface area is 127 Å². The van der Waals surface area contributed by atoms with Crippen molar-refractivity contribution in [2.45, 2.75) is 25.1 Å². The van der Waals surface area contributed by atoms with Crippen LogP contribution in [0.15, 0.2) is 22.7 Å². The third-order valence-electron chi connectivity index (χ3n) is 3.44. The van der Waals surface area contributed by atoms with Gasteiger partial charge in [0.05, 0.1) is 10.8 Å². The van der Waals surface area contributed by atoms with Crippen LogP contribution in [0, 0.1) is 5.82 Å². The molecule has 112 valence electrons. The highest BCUT2D eigenvalue weighted by molar-refractivity contribution is 9.10. The minimum absolute atomic E-state index is 0.0885. The van der Waals surface area contributed by atoms with Crippen molar-refractivity contribution in [3.05, 3.63) is 34.1 Å². The Morgan fingerprint density at radius 2 is 1.90 bits per heavy atom. The highest BCUT2D eigenvalue weighted by atomic mass is 79.9. The highest BCUT2D eigenvalue weighted by Gasteiger charge is 2.29. The summed E-state index contributed by atoms with van der Waals surface area (Å²) < 4.78 is 37.4. The molecule has 2 unspecified atom stereocenters. The van der Waals surface area contributed by atoms with E-state index in [0.717, 1.165) is 6.26 Å². The van der Waals surface area contributed by atoms with Crippen LogP contribution in [-0.2, 0) is 9.84 Å². The van der Waals surface area contributed by atoms with Gasteiger partial charge in [0, 0.05) is 23.8 Å². The highest BCUT2D eigenvalue weighted by Crippen LogP contribution is 2.19. The monoisotopic (exact) mass is 365 g/mol. The summed E-state index contributed by atoms with van der Waals surface area (Å²) in [7, 11) is -1.81. The maximum Gasteiger partial charge on any atom is 0.256 e. The molecular formula is C13H17BrFNO3S. The van der Waals surface area contributed by atoms with Crippen LogP contribution >= 0.6 is 15.9 Å². The second-order valence-corrected chi connectivity index (χ2v) is 8.13. The number of halogens is 2. The lowest BCUT2D eigenvalue weighted by Gasteiger charge is -2.29. The zero-order valence-electron chi connectivity index (χ0n) is 11.7. The zero-order valence-corrected chi connectivity index (χ0v) is 14.1. The molecule has 0 saturated heterocycles. The standard InChI is InChI=1S/C13H17BrFNO3S/c1-8(9(2)20(4,18)19)16(3)13(17)11-7-10(14)5-6-12(11)15/h5-9H,1-4H3. The number of carbonyl (C=O) groups excluding carboxylic acids is 1. The van der Waals surface area contributed by atoms with E-state index in [1.54, 1.807) is 6.92 Å². The van der Waals surface area contributed by atoms with E-state index in [2.05, 4.69) is 15.9 Å². The van der Waals surface area contributed by atoms with Gasteiger partial charge in [-0.2, -0.15) is 0 Å². The average Bonchev–Trinajstić information content (AvgIpc) is 2.37. The molecule has 0 aliphatic rings. The number of rotatable bonds is 4. The number of benzene rings is 1. The van der Waals surface area contributed by atoms with Crippen LogP contribution in [0.3, 0.4) is 0 Å². The largest absolute Gasteiger partial charge is 0.338 e. The fourth-order valence-corrected chi connectivity index (χ4v) is 2.97. The average molecular weight is 366 g/mol. The van der Waals surface area contributed by atoms with Gasteiger partial charge in [-0.1, -0.05) is 15.9 Å². The first-order valence-electron chi connectivity index (χ1n) is 5.96. The number of sulfone groups is 1. The molecule has 0 bridgehead atoms. The first-order valence-corrected chi connectivity index (χ1v) is 8.71. The molecule has 4 nitrogen and oxygen atoms in total. The zero-order chi connectivity index (χ0) is 15.7. The van der Waals surface area contributed by atoms with Gasteiger partial charge in [-0.25, -0.2) is 12.8 Å². The number of carbonyl (C=O) groups is 1. The van der Waals surface area contributed by atoms with Crippen LogP contribution in [0.25, 0.3) is 0 Å². The molecule has 0 aliphatic heterocycles. The van der Waals surface area contributed by atoms with Crippen molar-refractivity contribution < 1.29 is 17.6 Å². The Balaban J connectivity index is 3.06. The van der Waals surface area contributed by atoms with Crippen LogP contribution in [0.2, 0.25) is 0 Å². The van der Waals surface area contributed by atoms with Crippen LogP contribution in [0.1, 0.15) is 24.2 Å². The molecule has 0 radical (unpaired) electrons. The molecule has 0 fully saturated rings. The summed E-state index contributed by atoms with van der Waals surface area (Å²) in [5.74, 6) is -1.18. The van der Waals surface area contributed by atoms with Crippen molar-refractivity contribution in [2.24, 2.45) is 0 Å². The quantitative estimate of drug-likeness (QED) is 0.823. The van der Waals surface area contributed by atoms with E-state index < -0.39 is 32.9 Å². The Bertz CT molecular complexity index is 618. The topological polar surface area (TPSA) is 54.5 Å². The van der Waals surface area contributed by atoms with Crippen LogP contribution < -0.4 is 0 Å². The van der Waals surface area contributed by atoms with Crippen LogP contribution in [-0.4, -0.2) is 43.8 Å². The van der Waals surface area contributed by atoms with Crippen molar-refractivity contribution in [1.29, 1.82) is 0 Å². The molecule has 1 amide bonds.